The fraction of sp³-hybridized carbons (Fsp3) is 0.600. The number of nitrogens with zero attached hydrogens (tertiary/aromatic N) is 2. The van der Waals surface area contributed by atoms with Gasteiger partial charge in [-0.05, 0) is 56.0 Å². The smallest absolute Gasteiger partial charge is 0.333 e. The first-order valence-corrected chi connectivity index (χ1v) is 11.8. The number of nitrogens with one attached hydrogen (secondary N) is 1. The quantitative estimate of drug-likeness (QED) is 0.597. The van der Waals surface area contributed by atoms with Crippen LogP contribution >= 0.6 is 0 Å². The van der Waals surface area contributed by atoms with Gasteiger partial charge in [-0.3, -0.25) is 4.90 Å². The molecule has 0 aromatic heterocycles. The molecule has 1 N–H and O–H groups in total. The number of piperidine rings is 3. The summed E-state index contributed by atoms with van der Waals surface area (Å²) >= 11 is 0. The third kappa shape index (κ3) is 3.86. The third-order valence-electron chi connectivity index (χ3n) is 7.76. The lowest BCUT2D eigenvalue weighted by molar-refractivity contribution is -0.143. The molecule has 166 valence electrons. The van der Waals surface area contributed by atoms with E-state index in [1.165, 1.54) is 44.9 Å². The zero-order valence-electron chi connectivity index (χ0n) is 18.3. The minimum Gasteiger partial charge on any atom is -0.467 e. The Hall–Kier alpha value is -2.34. The first-order valence-electron chi connectivity index (χ1n) is 11.8. The van der Waals surface area contributed by atoms with Gasteiger partial charge in [0.25, 0.3) is 0 Å². The van der Waals surface area contributed by atoms with Crippen LogP contribution in [0.5, 0.6) is 0 Å². The standard InChI is InChI=1S/C25H33N3O3/c1-31-24(29)22(17-8-3-2-4-9-17)26-25(30)28-13-7-10-18-14-19-15-20(23(18)28)16-27-12-6-5-11-21(19)27/h2-4,8-9,14,19-23H,5-7,10-13,15-16H2,1H3,(H,26,30)/t19-,20-,21+,22+,23-/m0/s1. The van der Waals surface area contributed by atoms with E-state index in [1.807, 2.05) is 35.2 Å². The number of methoxy groups -OCH3 is 1. The Kier molecular flexibility index (Phi) is 5.74. The molecule has 4 aliphatic rings. The molecular formula is C25H33N3O3. The molecule has 5 rings (SSSR count). The van der Waals surface area contributed by atoms with E-state index >= 15 is 0 Å². The van der Waals surface area contributed by atoms with Crippen LogP contribution in [0.1, 0.15) is 50.1 Å². The van der Waals surface area contributed by atoms with E-state index in [9.17, 15) is 9.59 Å². The van der Waals surface area contributed by atoms with Gasteiger partial charge in [0.15, 0.2) is 6.04 Å². The maximum atomic E-state index is 13.5. The number of carbonyl (C=O) groups excluding carboxylic acids is 2. The summed E-state index contributed by atoms with van der Waals surface area (Å²) in [5.74, 6) is 0.684. The second-order valence-electron chi connectivity index (χ2n) is 9.52. The second-order valence-corrected chi connectivity index (χ2v) is 9.52. The van der Waals surface area contributed by atoms with Crippen molar-refractivity contribution in [2.75, 3.05) is 26.7 Å². The summed E-state index contributed by atoms with van der Waals surface area (Å²) in [4.78, 5) is 30.6. The summed E-state index contributed by atoms with van der Waals surface area (Å²) in [5, 5.41) is 2.99. The molecule has 1 aromatic carbocycles. The molecule has 5 atom stereocenters. The highest BCUT2D eigenvalue weighted by Crippen LogP contribution is 2.45. The third-order valence-corrected chi connectivity index (χ3v) is 7.76. The molecule has 3 fully saturated rings. The summed E-state index contributed by atoms with van der Waals surface area (Å²) in [6, 6.07) is 9.26. The van der Waals surface area contributed by atoms with Crippen molar-refractivity contribution in [2.45, 2.75) is 56.7 Å². The zero-order valence-corrected chi connectivity index (χ0v) is 18.3. The number of urea groups is 1. The van der Waals surface area contributed by atoms with E-state index in [-0.39, 0.29) is 12.1 Å². The number of likely N-dealkylation sites (tertiary alicyclic amines) is 1. The topological polar surface area (TPSA) is 61.9 Å². The maximum absolute atomic E-state index is 13.5. The second kappa shape index (κ2) is 8.65. The van der Waals surface area contributed by atoms with Gasteiger partial charge in [-0.25, -0.2) is 9.59 Å². The molecule has 0 spiro atoms. The van der Waals surface area contributed by atoms with Gasteiger partial charge < -0.3 is 15.0 Å². The molecule has 6 nitrogen and oxygen atoms in total. The number of hydrogen-bond acceptors (Lipinski definition) is 4. The molecule has 0 radical (unpaired) electrons. The monoisotopic (exact) mass is 423 g/mol. The Morgan fingerprint density at radius 3 is 2.77 bits per heavy atom. The normalized spacial score (nSPS) is 31.0. The van der Waals surface area contributed by atoms with Crippen molar-refractivity contribution in [3.05, 3.63) is 47.5 Å². The molecular weight excluding hydrogens is 390 g/mol. The van der Waals surface area contributed by atoms with Crippen LogP contribution in [0.2, 0.25) is 0 Å². The predicted molar refractivity (Wildman–Crippen MR) is 118 cm³/mol. The number of fused-ring (bicyclic) bond motifs is 6. The zero-order chi connectivity index (χ0) is 21.4. The minimum atomic E-state index is -0.790. The van der Waals surface area contributed by atoms with Crippen LogP contribution in [0, 0.1) is 11.8 Å². The van der Waals surface area contributed by atoms with Gasteiger partial charge in [-0.2, -0.15) is 0 Å². The van der Waals surface area contributed by atoms with Crippen molar-refractivity contribution in [2.24, 2.45) is 11.8 Å². The van der Waals surface area contributed by atoms with E-state index in [0.717, 1.165) is 31.5 Å². The maximum Gasteiger partial charge on any atom is 0.333 e. The van der Waals surface area contributed by atoms with Crippen molar-refractivity contribution >= 4 is 12.0 Å². The van der Waals surface area contributed by atoms with E-state index in [1.54, 1.807) is 0 Å². The van der Waals surface area contributed by atoms with Crippen molar-refractivity contribution in [3.63, 3.8) is 0 Å². The number of carbonyl (C=O) groups is 2. The van der Waals surface area contributed by atoms with Gasteiger partial charge in [0.05, 0.1) is 13.2 Å². The van der Waals surface area contributed by atoms with Crippen LogP contribution in [-0.2, 0) is 9.53 Å². The lowest BCUT2D eigenvalue weighted by Crippen LogP contribution is -2.61. The Morgan fingerprint density at radius 2 is 1.97 bits per heavy atom. The Bertz CT molecular complexity index is 855. The minimum absolute atomic E-state index is 0.155. The number of ether oxygens (including phenoxy) is 1. The number of benzene rings is 1. The van der Waals surface area contributed by atoms with Crippen LogP contribution in [0.3, 0.4) is 0 Å². The van der Waals surface area contributed by atoms with E-state index in [0.29, 0.717) is 17.9 Å². The highest BCUT2D eigenvalue weighted by atomic mass is 16.5. The largest absolute Gasteiger partial charge is 0.467 e. The lowest BCUT2D eigenvalue weighted by atomic mass is 9.68. The molecule has 31 heavy (non-hydrogen) atoms. The number of esters is 1. The number of rotatable bonds is 3. The Labute approximate surface area is 184 Å². The SMILES string of the molecule is COC(=O)[C@H](NC(=O)N1CCCC2=C[C@H]3C[C@@H](CN4CCCC[C@H]34)[C@H]21)c1ccccc1. The molecule has 6 heteroatoms. The van der Waals surface area contributed by atoms with Gasteiger partial charge in [0.2, 0.25) is 0 Å². The van der Waals surface area contributed by atoms with Crippen LogP contribution in [0.25, 0.3) is 0 Å². The highest BCUT2D eigenvalue weighted by molar-refractivity contribution is 5.85. The summed E-state index contributed by atoms with van der Waals surface area (Å²) in [7, 11) is 1.37. The molecule has 0 unspecified atom stereocenters. The number of amides is 2. The Morgan fingerprint density at radius 1 is 1.13 bits per heavy atom. The van der Waals surface area contributed by atoms with Gasteiger partial charge in [-0.1, -0.05) is 48.4 Å². The molecule has 1 aliphatic carbocycles. The molecule has 2 bridgehead atoms. The lowest BCUT2D eigenvalue weighted by Gasteiger charge is -2.54. The number of hydrogen-bond donors (Lipinski definition) is 1. The van der Waals surface area contributed by atoms with Gasteiger partial charge in [-0.15, -0.1) is 0 Å². The predicted octanol–water partition coefficient (Wildman–Crippen LogP) is 3.51. The van der Waals surface area contributed by atoms with Crippen molar-refractivity contribution in [3.8, 4) is 0 Å². The molecule has 1 aromatic rings. The van der Waals surface area contributed by atoms with Gasteiger partial charge in [0.1, 0.15) is 0 Å². The van der Waals surface area contributed by atoms with Crippen molar-refractivity contribution in [1.29, 1.82) is 0 Å². The van der Waals surface area contributed by atoms with Gasteiger partial charge >= 0.3 is 12.0 Å². The fourth-order valence-corrected chi connectivity index (χ4v) is 6.45. The first kappa shape index (κ1) is 20.6. The van der Waals surface area contributed by atoms with Crippen molar-refractivity contribution in [1.82, 2.24) is 15.1 Å². The summed E-state index contributed by atoms with van der Waals surface area (Å²) < 4.78 is 5.00. The summed E-state index contributed by atoms with van der Waals surface area (Å²) in [6.07, 6.45) is 9.71. The van der Waals surface area contributed by atoms with Crippen LogP contribution in [-0.4, -0.2) is 60.6 Å². The summed E-state index contributed by atoms with van der Waals surface area (Å²) in [6.45, 7) is 3.02. The van der Waals surface area contributed by atoms with E-state index in [4.69, 9.17) is 4.74 Å². The average molecular weight is 424 g/mol. The Balaban J connectivity index is 1.38. The van der Waals surface area contributed by atoms with Crippen molar-refractivity contribution < 1.29 is 14.3 Å². The van der Waals surface area contributed by atoms with E-state index in [2.05, 4.69) is 16.3 Å². The molecule has 3 aliphatic heterocycles. The van der Waals surface area contributed by atoms with Crippen LogP contribution in [0.4, 0.5) is 4.79 Å². The molecule has 3 saturated heterocycles. The average Bonchev–Trinajstić information content (AvgIpc) is 2.82. The molecule has 2 amide bonds. The first-order chi connectivity index (χ1) is 15.2. The van der Waals surface area contributed by atoms with E-state index < -0.39 is 12.0 Å². The van der Waals surface area contributed by atoms with Gasteiger partial charge in [0, 0.05) is 19.1 Å². The highest BCUT2D eigenvalue weighted by Gasteiger charge is 2.47. The fourth-order valence-electron chi connectivity index (χ4n) is 6.45. The summed E-state index contributed by atoms with van der Waals surface area (Å²) in [5.41, 5.74) is 2.19. The molecule has 3 heterocycles. The van der Waals surface area contributed by atoms with Crippen LogP contribution < -0.4 is 5.32 Å². The molecule has 0 saturated carbocycles. The van der Waals surface area contributed by atoms with Crippen LogP contribution in [0.15, 0.2) is 42.0 Å².